The van der Waals surface area contributed by atoms with Gasteiger partial charge in [-0.25, -0.2) is 8.42 Å². The van der Waals surface area contributed by atoms with Crippen molar-refractivity contribution in [2.24, 2.45) is 0 Å². The minimum Gasteiger partial charge on any atom is -0.497 e. The van der Waals surface area contributed by atoms with Crippen LogP contribution in [0.4, 0.5) is 5.69 Å². The lowest BCUT2D eigenvalue weighted by Crippen LogP contribution is -2.32. The number of ether oxygens (including phenoxy) is 3. The van der Waals surface area contributed by atoms with Crippen molar-refractivity contribution in [3.8, 4) is 11.5 Å². The number of sulfonamides is 1. The molecule has 162 valence electrons. The molecule has 0 saturated carbocycles. The Hall–Kier alpha value is -2.53. The summed E-state index contributed by atoms with van der Waals surface area (Å²) in [5.41, 5.74) is 0.368. The second-order valence-electron chi connectivity index (χ2n) is 5.71. The highest BCUT2D eigenvalue weighted by atomic mass is 35.5. The Bertz CT molecular complexity index is 1020. The van der Waals surface area contributed by atoms with Crippen molar-refractivity contribution in [1.82, 2.24) is 4.72 Å². The predicted octanol–water partition coefficient (Wildman–Crippen LogP) is 2.47. The van der Waals surface area contributed by atoms with Crippen molar-refractivity contribution < 1.29 is 32.2 Å². The molecule has 0 saturated heterocycles. The lowest BCUT2D eigenvalue weighted by molar-refractivity contribution is -0.146. The zero-order valence-electron chi connectivity index (χ0n) is 15.9. The Balaban J connectivity index is 1.87. The summed E-state index contributed by atoms with van der Waals surface area (Å²) in [6.07, 6.45) is 0. The standard InChI is InChI=1S/C18H18Cl2N2O7S/c1-27-12-5-11(6-13(7-12)28-2)22-17(23)10-29-18(24)9-21-30(25,26)14-3-4-15(19)16(20)8-14/h3-8,21H,9-10H2,1-2H3,(H,22,23). The van der Waals surface area contributed by atoms with E-state index in [0.717, 1.165) is 6.07 Å². The largest absolute Gasteiger partial charge is 0.497 e. The van der Waals surface area contributed by atoms with E-state index in [1.807, 2.05) is 0 Å². The fourth-order valence-corrected chi connectivity index (χ4v) is 3.51. The molecule has 0 atom stereocenters. The highest BCUT2D eigenvalue weighted by molar-refractivity contribution is 7.89. The number of esters is 1. The van der Waals surface area contributed by atoms with Gasteiger partial charge in [-0.1, -0.05) is 23.2 Å². The average molecular weight is 477 g/mol. The second kappa shape index (κ2) is 10.5. The van der Waals surface area contributed by atoms with Crippen LogP contribution in [-0.4, -0.2) is 47.7 Å². The van der Waals surface area contributed by atoms with Crippen LogP contribution in [0.2, 0.25) is 10.0 Å². The molecule has 0 heterocycles. The van der Waals surface area contributed by atoms with Gasteiger partial charge >= 0.3 is 5.97 Å². The second-order valence-corrected chi connectivity index (χ2v) is 8.29. The summed E-state index contributed by atoms with van der Waals surface area (Å²) in [7, 11) is -1.10. The molecule has 0 aliphatic carbocycles. The third-order valence-electron chi connectivity index (χ3n) is 3.61. The highest BCUT2D eigenvalue weighted by Gasteiger charge is 2.18. The molecule has 2 rings (SSSR count). The Morgan fingerprint density at radius 2 is 1.60 bits per heavy atom. The van der Waals surface area contributed by atoms with Crippen LogP contribution in [0.1, 0.15) is 0 Å². The zero-order valence-corrected chi connectivity index (χ0v) is 18.2. The van der Waals surface area contributed by atoms with Gasteiger partial charge in [-0.2, -0.15) is 4.72 Å². The summed E-state index contributed by atoms with van der Waals surface area (Å²) >= 11 is 11.5. The van der Waals surface area contributed by atoms with Crippen molar-refractivity contribution in [2.45, 2.75) is 4.90 Å². The Labute approximate surface area is 183 Å². The number of carbonyl (C=O) groups excluding carboxylic acids is 2. The first-order chi connectivity index (χ1) is 14.1. The van der Waals surface area contributed by atoms with Gasteiger partial charge in [0.15, 0.2) is 6.61 Å². The number of methoxy groups -OCH3 is 2. The first-order valence-corrected chi connectivity index (χ1v) is 10.5. The van der Waals surface area contributed by atoms with Crippen molar-refractivity contribution in [3.63, 3.8) is 0 Å². The number of rotatable bonds is 9. The van der Waals surface area contributed by atoms with Crippen molar-refractivity contribution in [1.29, 1.82) is 0 Å². The third-order valence-corrected chi connectivity index (χ3v) is 5.75. The van der Waals surface area contributed by atoms with Gasteiger partial charge < -0.3 is 19.5 Å². The van der Waals surface area contributed by atoms with Crippen molar-refractivity contribution in [3.05, 3.63) is 46.4 Å². The Morgan fingerprint density at radius 3 is 2.17 bits per heavy atom. The van der Waals surface area contributed by atoms with E-state index in [4.69, 9.17) is 37.4 Å². The number of hydrogen-bond acceptors (Lipinski definition) is 7. The Morgan fingerprint density at radius 1 is 0.967 bits per heavy atom. The molecule has 0 aliphatic rings. The maximum atomic E-state index is 12.2. The molecule has 2 aromatic carbocycles. The third kappa shape index (κ3) is 6.77. The van der Waals surface area contributed by atoms with Crippen LogP contribution in [-0.2, 0) is 24.3 Å². The molecule has 30 heavy (non-hydrogen) atoms. The molecule has 2 aromatic rings. The number of anilines is 1. The van der Waals surface area contributed by atoms with Crippen LogP contribution < -0.4 is 19.5 Å². The van der Waals surface area contributed by atoms with Crippen LogP contribution in [0.15, 0.2) is 41.3 Å². The number of carbonyl (C=O) groups is 2. The minimum absolute atomic E-state index is 0.0490. The van der Waals surface area contributed by atoms with Crippen molar-refractivity contribution >= 4 is 50.8 Å². The van der Waals surface area contributed by atoms with Crippen LogP contribution in [0.3, 0.4) is 0 Å². The molecular formula is C18H18Cl2N2O7S. The average Bonchev–Trinajstić information content (AvgIpc) is 2.72. The summed E-state index contributed by atoms with van der Waals surface area (Å²) in [5.74, 6) is -0.667. The lowest BCUT2D eigenvalue weighted by Gasteiger charge is -2.10. The number of nitrogens with one attached hydrogen (secondary N) is 2. The molecule has 0 spiro atoms. The SMILES string of the molecule is COc1cc(NC(=O)COC(=O)CNS(=O)(=O)c2ccc(Cl)c(Cl)c2)cc(OC)c1. The van der Waals surface area contributed by atoms with Crippen LogP contribution in [0.5, 0.6) is 11.5 Å². The molecule has 12 heteroatoms. The van der Waals surface area contributed by atoms with Gasteiger partial charge in [-0.3, -0.25) is 9.59 Å². The fraction of sp³-hybridized carbons (Fsp3) is 0.222. The molecule has 0 bridgehead atoms. The molecule has 0 aliphatic heterocycles. The normalized spacial score (nSPS) is 10.9. The summed E-state index contributed by atoms with van der Waals surface area (Å²) in [4.78, 5) is 23.6. The minimum atomic E-state index is -4.02. The van der Waals surface area contributed by atoms with E-state index in [-0.39, 0.29) is 14.9 Å². The van der Waals surface area contributed by atoms with Gasteiger partial charge in [-0.05, 0) is 18.2 Å². The van der Waals surface area contributed by atoms with E-state index in [1.54, 1.807) is 18.2 Å². The van der Waals surface area contributed by atoms with Gasteiger partial charge in [0, 0.05) is 23.9 Å². The quantitative estimate of drug-likeness (QED) is 0.533. The van der Waals surface area contributed by atoms with E-state index in [2.05, 4.69) is 10.0 Å². The lowest BCUT2D eigenvalue weighted by atomic mass is 10.2. The van der Waals surface area contributed by atoms with E-state index in [0.29, 0.717) is 17.2 Å². The maximum Gasteiger partial charge on any atom is 0.321 e. The summed E-state index contributed by atoms with van der Waals surface area (Å²) < 4.78 is 41.4. The van der Waals surface area contributed by atoms with E-state index in [9.17, 15) is 18.0 Å². The number of benzene rings is 2. The molecule has 0 aromatic heterocycles. The zero-order chi connectivity index (χ0) is 22.3. The summed E-state index contributed by atoms with van der Waals surface area (Å²) in [6.45, 7) is -1.30. The van der Waals surface area contributed by atoms with Gasteiger partial charge in [-0.15, -0.1) is 0 Å². The van der Waals surface area contributed by atoms with Gasteiger partial charge in [0.25, 0.3) is 5.91 Å². The maximum absolute atomic E-state index is 12.2. The van der Waals surface area contributed by atoms with Gasteiger partial charge in [0.05, 0.1) is 29.2 Å². The molecule has 0 unspecified atom stereocenters. The van der Waals surface area contributed by atoms with Crippen LogP contribution >= 0.6 is 23.2 Å². The van der Waals surface area contributed by atoms with Crippen molar-refractivity contribution in [2.75, 3.05) is 32.7 Å². The fourth-order valence-electron chi connectivity index (χ4n) is 2.16. The molecule has 0 radical (unpaired) electrons. The van der Waals surface area contributed by atoms with Gasteiger partial charge in [0.1, 0.15) is 18.0 Å². The van der Waals surface area contributed by atoms with Gasteiger partial charge in [0.2, 0.25) is 10.0 Å². The Kier molecular flexibility index (Phi) is 8.30. The monoisotopic (exact) mass is 476 g/mol. The molecule has 1 amide bonds. The first-order valence-electron chi connectivity index (χ1n) is 8.28. The molecule has 2 N–H and O–H groups in total. The first kappa shape index (κ1) is 23.7. The van der Waals surface area contributed by atoms with E-state index in [1.165, 1.54) is 26.4 Å². The summed E-state index contributed by atoms with van der Waals surface area (Å²) in [5, 5.41) is 2.75. The van der Waals surface area contributed by atoms with Crippen LogP contribution in [0.25, 0.3) is 0 Å². The highest BCUT2D eigenvalue weighted by Crippen LogP contribution is 2.26. The molecule has 9 nitrogen and oxygen atoms in total. The smallest absolute Gasteiger partial charge is 0.321 e. The summed E-state index contributed by atoms with van der Waals surface area (Å²) in [6, 6.07) is 8.41. The topological polar surface area (TPSA) is 120 Å². The van der Waals surface area contributed by atoms with E-state index < -0.39 is 35.1 Å². The number of amides is 1. The molecule has 0 fully saturated rings. The number of hydrogen-bond donors (Lipinski definition) is 2. The predicted molar refractivity (Wildman–Crippen MR) is 111 cm³/mol. The number of halogens is 2. The van der Waals surface area contributed by atoms with Crippen LogP contribution in [0, 0.1) is 0 Å². The molecular weight excluding hydrogens is 459 g/mol. The van der Waals surface area contributed by atoms with E-state index >= 15 is 0 Å².